The smallest absolute Gasteiger partial charge is 0.231 e. The normalized spacial score (nSPS) is 15.0. The maximum Gasteiger partial charge on any atom is 0.231 e. The fraction of sp³-hybridized carbons (Fsp3) is 0.261. The zero-order valence-electron chi connectivity index (χ0n) is 19.6. The maximum absolute atomic E-state index is 12.1. The Balaban J connectivity index is 1.63. The number of rotatable bonds is 8. The molecule has 2 aromatic heterocycles. The Hall–Kier alpha value is -3.90. The van der Waals surface area contributed by atoms with Crippen molar-refractivity contribution in [3.63, 3.8) is 0 Å². The van der Waals surface area contributed by atoms with Gasteiger partial charge in [0.05, 0.1) is 25.2 Å². The SMILES string of the molecule is C=C(/C(=C\C=C/N)c1nc2ncnc(Nc3ccc(N4CCOCC4)cc3)c2[nH]1)N(C)S(C)(=O)=O. The molecule has 1 aliphatic heterocycles. The van der Waals surface area contributed by atoms with Crippen LogP contribution in [0.5, 0.6) is 0 Å². The predicted octanol–water partition coefficient (Wildman–Crippen LogP) is 2.19. The first-order valence-corrected chi connectivity index (χ1v) is 12.8. The Morgan fingerprint density at radius 3 is 2.63 bits per heavy atom. The minimum absolute atomic E-state index is 0.228. The number of fused-ring (bicyclic) bond motifs is 1. The van der Waals surface area contributed by atoms with E-state index in [1.165, 1.54) is 19.6 Å². The molecule has 3 heterocycles. The van der Waals surface area contributed by atoms with Crippen LogP contribution in [0.4, 0.5) is 17.2 Å². The minimum Gasteiger partial charge on any atom is -0.405 e. The van der Waals surface area contributed by atoms with Crippen molar-refractivity contribution in [1.29, 1.82) is 0 Å². The van der Waals surface area contributed by atoms with Crippen LogP contribution in [-0.2, 0) is 14.8 Å². The average Bonchev–Trinajstić information content (AvgIpc) is 3.29. The fourth-order valence-electron chi connectivity index (χ4n) is 3.60. The Morgan fingerprint density at radius 1 is 1.26 bits per heavy atom. The van der Waals surface area contributed by atoms with Gasteiger partial charge in [0.15, 0.2) is 11.5 Å². The lowest BCUT2D eigenvalue weighted by molar-refractivity contribution is 0.122. The fourth-order valence-corrected chi connectivity index (χ4v) is 4.10. The van der Waals surface area contributed by atoms with Gasteiger partial charge in [0.25, 0.3) is 0 Å². The second kappa shape index (κ2) is 10.2. The van der Waals surface area contributed by atoms with Crippen LogP contribution in [0, 0.1) is 0 Å². The molecule has 0 spiro atoms. The molecule has 4 rings (SSSR count). The number of hydrogen-bond donors (Lipinski definition) is 3. The van der Waals surface area contributed by atoms with E-state index in [1.807, 2.05) is 12.1 Å². The van der Waals surface area contributed by atoms with Gasteiger partial charge in [-0.05, 0) is 42.6 Å². The molecule has 0 atom stereocenters. The molecule has 4 N–H and O–H groups in total. The molecule has 1 saturated heterocycles. The van der Waals surface area contributed by atoms with E-state index in [0.717, 1.165) is 48.2 Å². The van der Waals surface area contributed by atoms with E-state index < -0.39 is 10.0 Å². The number of morpholine rings is 1. The molecule has 0 amide bonds. The number of sulfonamides is 1. The summed E-state index contributed by atoms with van der Waals surface area (Å²) in [5.41, 5.74) is 9.14. The van der Waals surface area contributed by atoms with Gasteiger partial charge < -0.3 is 25.7 Å². The van der Waals surface area contributed by atoms with Gasteiger partial charge in [-0.15, -0.1) is 0 Å². The third kappa shape index (κ3) is 5.44. The highest BCUT2D eigenvalue weighted by atomic mass is 32.2. The molecule has 1 aliphatic rings. The van der Waals surface area contributed by atoms with Gasteiger partial charge in [-0.3, -0.25) is 4.31 Å². The minimum atomic E-state index is -3.53. The highest BCUT2D eigenvalue weighted by molar-refractivity contribution is 7.88. The van der Waals surface area contributed by atoms with Crippen molar-refractivity contribution in [3.05, 3.63) is 67.0 Å². The molecule has 0 saturated carbocycles. The first-order chi connectivity index (χ1) is 16.8. The Labute approximate surface area is 204 Å². The lowest BCUT2D eigenvalue weighted by Crippen LogP contribution is -2.36. The van der Waals surface area contributed by atoms with Crippen molar-refractivity contribution in [3.8, 4) is 0 Å². The Kier molecular flexibility index (Phi) is 7.03. The molecule has 0 radical (unpaired) electrons. The van der Waals surface area contributed by atoms with Crippen molar-refractivity contribution >= 4 is 44.0 Å². The summed E-state index contributed by atoms with van der Waals surface area (Å²) in [6.45, 7) is 7.13. The number of allylic oxidation sites excluding steroid dienone is 3. The molecule has 1 aromatic carbocycles. The highest BCUT2D eigenvalue weighted by Gasteiger charge is 2.21. The molecular weight excluding hydrogens is 468 g/mol. The van der Waals surface area contributed by atoms with Crippen LogP contribution in [-0.4, -0.2) is 72.3 Å². The largest absolute Gasteiger partial charge is 0.405 e. The Morgan fingerprint density at radius 2 is 1.97 bits per heavy atom. The van der Waals surface area contributed by atoms with Gasteiger partial charge in [0, 0.05) is 37.1 Å². The first-order valence-electron chi connectivity index (χ1n) is 10.9. The summed E-state index contributed by atoms with van der Waals surface area (Å²) in [4.78, 5) is 18.6. The van der Waals surface area contributed by atoms with Crippen LogP contribution in [0.25, 0.3) is 16.7 Å². The van der Waals surface area contributed by atoms with Crippen LogP contribution in [0.1, 0.15) is 5.82 Å². The van der Waals surface area contributed by atoms with Gasteiger partial charge in [-0.25, -0.2) is 23.4 Å². The number of ether oxygens (including phenoxy) is 1. The number of benzene rings is 1. The number of anilines is 3. The van der Waals surface area contributed by atoms with E-state index in [2.05, 4.69) is 48.9 Å². The van der Waals surface area contributed by atoms with E-state index in [-0.39, 0.29) is 5.70 Å². The summed E-state index contributed by atoms with van der Waals surface area (Å²) in [7, 11) is -2.10. The lowest BCUT2D eigenvalue weighted by atomic mass is 10.2. The number of nitrogens with one attached hydrogen (secondary N) is 2. The third-order valence-electron chi connectivity index (χ3n) is 5.61. The van der Waals surface area contributed by atoms with Gasteiger partial charge in [0.2, 0.25) is 10.0 Å². The van der Waals surface area contributed by atoms with Gasteiger partial charge >= 0.3 is 0 Å². The molecule has 11 nitrogen and oxygen atoms in total. The number of hydrogen-bond acceptors (Lipinski definition) is 9. The van der Waals surface area contributed by atoms with Crippen LogP contribution in [0.15, 0.2) is 61.2 Å². The molecule has 1 fully saturated rings. The number of imidazole rings is 1. The number of nitrogens with zero attached hydrogens (tertiary/aromatic N) is 5. The summed E-state index contributed by atoms with van der Waals surface area (Å²) in [6, 6.07) is 8.07. The quantitative estimate of drug-likeness (QED) is 0.400. The summed E-state index contributed by atoms with van der Waals surface area (Å²) in [5, 5.41) is 3.30. The van der Waals surface area contributed by atoms with Crippen molar-refractivity contribution in [1.82, 2.24) is 24.2 Å². The monoisotopic (exact) mass is 496 g/mol. The molecule has 0 bridgehead atoms. The lowest BCUT2D eigenvalue weighted by Gasteiger charge is -2.28. The molecule has 3 aromatic rings. The zero-order chi connectivity index (χ0) is 25.0. The van der Waals surface area contributed by atoms with Crippen LogP contribution >= 0.6 is 0 Å². The van der Waals surface area contributed by atoms with Gasteiger partial charge in [-0.2, -0.15) is 0 Å². The van der Waals surface area contributed by atoms with E-state index in [1.54, 1.807) is 12.2 Å². The van der Waals surface area contributed by atoms with Crippen LogP contribution < -0.4 is 16.0 Å². The second-order valence-electron chi connectivity index (χ2n) is 7.92. The number of H-pyrrole nitrogens is 1. The van der Waals surface area contributed by atoms with Crippen molar-refractivity contribution in [2.75, 3.05) is 49.8 Å². The number of likely N-dealkylation sites (N-methyl/N-ethyl adjacent to an activating group) is 1. The first kappa shape index (κ1) is 24.2. The maximum atomic E-state index is 12.1. The number of aromatic nitrogens is 4. The van der Waals surface area contributed by atoms with E-state index >= 15 is 0 Å². The van der Waals surface area contributed by atoms with Crippen molar-refractivity contribution in [2.45, 2.75) is 0 Å². The van der Waals surface area contributed by atoms with E-state index in [4.69, 9.17) is 10.5 Å². The van der Waals surface area contributed by atoms with E-state index in [0.29, 0.717) is 28.4 Å². The number of aromatic amines is 1. The van der Waals surface area contributed by atoms with Gasteiger partial charge in [0.1, 0.15) is 17.7 Å². The van der Waals surface area contributed by atoms with Crippen LogP contribution in [0.3, 0.4) is 0 Å². The second-order valence-corrected chi connectivity index (χ2v) is 9.93. The van der Waals surface area contributed by atoms with E-state index in [9.17, 15) is 8.42 Å². The predicted molar refractivity (Wildman–Crippen MR) is 137 cm³/mol. The topological polar surface area (TPSA) is 142 Å². The highest BCUT2D eigenvalue weighted by Crippen LogP contribution is 2.28. The van der Waals surface area contributed by atoms with Crippen LogP contribution in [0.2, 0.25) is 0 Å². The molecule has 12 heteroatoms. The van der Waals surface area contributed by atoms with Crippen molar-refractivity contribution in [2.24, 2.45) is 5.73 Å². The zero-order valence-corrected chi connectivity index (χ0v) is 20.4. The van der Waals surface area contributed by atoms with Crippen molar-refractivity contribution < 1.29 is 13.2 Å². The number of nitrogens with two attached hydrogens (primary N) is 1. The molecule has 0 unspecified atom stereocenters. The molecule has 35 heavy (non-hydrogen) atoms. The standard InChI is InChI=1S/C23H28N8O3S/c1-16(30(2)35(3,32)33)19(5-4-10-24)21-28-20-22(25-15-26-23(20)29-21)27-17-6-8-18(9-7-17)31-11-13-34-14-12-31/h4-10,15H,1,11-14,24H2,2-3H3,(H2,25,26,27,28,29)/b10-4-,19-5+. The average molecular weight is 497 g/mol. The van der Waals surface area contributed by atoms with Gasteiger partial charge in [-0.1, -0.05) is 6.58 Å². The summed E-state index contributed by atoms with van der Waals surface area (Å²) in [5.74, 6) is 0.911. The molecular formula is C23H28N8O3S. The molecule has 0 aliphatic carbocycles. The summed E-state index contributed by atoms with van der Waals surface area (Å²) < 4.78 is 30.6. The third-order valence-corrected chi connectivity index (χ3v) is 6.83. The summed E-state index contributed by atoms with van der Waals surface area (Å²) >= 11 is 0. The molecule has 184 valence electrons. The summed E-state index contributed by atoms with van der Waals surface area (Å²) in [6.07, 6.45) is 7.06. The Bertz CT molecular complexity index is 1370.